The van der Waals surface area contributed by atoms with Crippen molar-refractivity contribution in [3.63, 3.8) is 0 Å². The van der Waals surface area contributed by atoms with Crippen molar-refractivity contribution >= 4 is 17.2 Å². The fourth-order valence-electron chi connectivity index (χ4n) is 3.27. The van der Waals surface area contributed by atoms with Crippen molar-refractivity contribution in [3.05, 3.63) is 29.5 Å². The molecule has 2 aromatic rings. The number of rotatable bonds is 4. The maximum atomic E-state index is 11.0. The Morgan fingerprint density at radius 3 is 2.80 bits per heavy atom. The zero-order valence-electron chi connectivity index (χ0n) is 12.3. The van der Waals surface area contributed by atoms with Crippen LogP contribution in [0.25, 0.3) is 10.9 Å². The molecule has 1 fully saturated rings. The van der Waals surface area contributed by atoms with Gasteiger partial charge in [0.25, 0.3) is 0 Å². The summed E-state index contributed by atoms with van der Waals surface area (Å²) in [7, 11) is 0. The van der Waals surface area contributed by atoms with Crippen molar-refractivity contribution in [2.45, 2.75) is 57.9 Å². The standard InChI is InChI=1S/C17H22N2O/c1-3-16-15-9-8-13(12(2)11-20)10-17(15)19(18-16)14-6-4-5-7-14/h8-12,14H,3-7H2,1-2H3. The molecule has 1 heterocycles. The Balaban J connectivity index is 2.14. The van der Waals surface area contributed by atoms with Gasteiger partial charge in [-0.25, -0.2) is 0 Å². The predicted molar refractivity (Wildman–Crippen MR) is 81.1 cm³/mol. The van der Waals surface area contributed by atoms with Crippen LogP contribution in [0, 0.1) is 0 Å². The summed E-state index contributed by atoms with van der Waals surface area (Å²) in [5.41, 5.74) is 3.48. The first-order valence-electron chi connectivity index (χ1n) is 7.71. The van der Waals surface area contributed by atoms with Crippen LogP contribution >= 0.6 is 0 Å². The summed E-state index contributed by atoms with van der Waals surface area (Å²) < 4.78 is 2.22. The molecule has 1 atom stereocenters. The largest absolute Gasteiger partial charge is 0.303 e. The number of aldehydes is 1. The Kier molecular flexibility index (Phi) is 3.60. The molecular weight excluding hydrogens is 248 g/mol. The highest BCUT2D eigenvalue weighted by molar-refractivity contribution is 5.84. The molecule has 0 saturated heterocycles. The first-order valence-corrected chi connectivity index (χ1v) is 7.71. The lowest BCUT2D eigenvalue weighted by Gasteiger charge is -2.12. The molecule has 1 aliphatic carbocycles. The van der Waals surface area contributed by atoms with Crippen molar-refractivity contribution in [1.29, 1.82) is 0 Å². The van der Waals surface area contributed by atoms with Gasteiger partial charge in [-0.05, 0) is 30.9 Å². The van der Waals surface area contributed by atoms with Crippen LogP contribution in [-0.2, 0) is 11.2 Å². The minimum absolute atomic E-state index is 0.0450. The summed E-state index contributed by atoms with van der Waals surface area (Å²) >= 11 is 0. The lowest BCUT2D eigenvalue weighted by Crippen LogP contribution is -2.07. The number of carbonyl (C=O) groups excluding carboxylic acids is 1. The van der Waals surface area contributed by atoms with Crippen LogP contribution in [-0.4, -0.2) is 16.1 Å². The van der Waals surface area contributed by atoms with Gasteiger partial charge in [-0.15, -0.1) is 0 Å². The van der Waals surface area contributed by atoms with Crippen LogP contribution in [0.1, 0.15) is 62.7 Å². The molecule has 0 radical (unpaired) electrons. The van der Waals surface area contributed by atoms with Gasteiger partial charge in [-0.2, -0.15) is 5.10 Å². The monoisotopic (exact) mass is 270 g/mol. The predicted octanol–water partition coefficient (Wildman–Crippen LogP) is 4.02. The lowest BCUT2D eigenvalue weighted by atomic mass is 10.0. The Labute approximate surface area is 120 Å². The molecule has 1 saturated carbocycles. The van der Waals surface area contributed by atoms with Crippen LogP contribution in [0.15, 0.2) is 18.2 Å². The number of aromatic nitrogens is 2. The molecule has 0 amide bonds. The van der Waals surface area contributed by atoms with E-state index in [9.17, 15) is 4.79 Å². The van der Waals surface area contributed by atoms with Crippen molar-refractivity contribution in [2.24, 2.45) is 0 Å². The molecule has 20 heavy (non-hydrogen) atoms. The van der Waals surface area contributed by atoms with Crippen molar-refractivity contribution in [1.82, 2.24) is 9.78 Å². The van der Waals surface area contributed by atoms with E-state index in [0.717, 1.165) is 18.3 Å². The third-order valence-corrected chi connectivity index (χ3v) is 4.54. The van der Waals surface area contributed by atoms with Crippen LogP contribution in [0.5, 0.6) is 0 Å². The summed E-state index contributed by atoms with van der Waals surface area (Å²) in [6.07, 6.45) is 7.04. The van der Waals surface area contributed by atoms with Crippen LogP contribution in [0.3, 0.4) is 0 Å². The van der Waals surface area contributed by atoms with Gasteiger partial charge in [0.1, 0.15) is 6.29 Å². The van der Waals surface area contributed by atoms with Crippen molar-refractivity contribution in [3.8, 4) is 0 Å². The highest BCUT2D eigenvalue weighted by Crippen LogP contribution is 2.33. The molecule has 3 rings (SSSR count). The van der Waals surface area contributed by atoms with Crippen LogP contribution in [0.2, 0.25) is 0 Å². The fourth-order valence-corrected chi connectivity index (χ4v) is 3.27. The maximum absolute atomic E-state index is 11.0. The van der Waals surface area contributed by atoms with Crippen LogP contribution in [0.4, 0.5) is 0 Å². The minimum Gasteiger partial charge on any atom is -0.303 e. The Hall–Kier alpha value is -1.64. The first kappa shape index (κ1) is 13.3. The molecule has 3 heteroatoms. The third kappa shape index (κ3) is 2.15. The van der Waals surface area contributed by atoms with Gasteiger partial charge < -0.3 is 4.79 Å². The van der Waals surface area contributed by atoms with E-state index in [-0.39, 0.29) is 5.92 Å². The summed E-state index contributed by atoms with van der Waals surface area (Å²) in [4.78, 5) is 11.0. The van der Waals surface area contributed by atoms with Gasteiger partial charge in [0.05, 0.1) is 17.3 Å². The van der Waals surface area contributed by atoms with E-state index < -0.39 is 0 Å². The zero-order chi connectivity index (χ0) is 14.1. The van der Waals surface area contributed by atoms with Gasteiger partial charge in [-0.3, -0.25) is 4.68 Å². The molecule has 1 aromatic heterocycles. The Bertz CT molecular complexity index is 623. The van der Waals surface area contributed by atoms with Crippen molar-refractivity contribution < 1.29 is 4.79 Å². The van der Waals surface area contributed by atoms with Gasteiger partial charge in [0, 0.05) is 11.3 Å². The average Bonchev–Trinajstić information content (AvgIpc) is 3.12. The van der Waals surface area contributed by atoms with E-state index in [1.54, 1.807) is 0 Å². The number of aryl methyl sites for hydroxylation is 1. The molecule has 1 aliphatic rings. The van der Waals surface area contributed by atoms with E-state index >= 15 is 0 Å². The highest BCUT2D eigenvalue weighted by atomic mass is 16.1. The number of hydrogen-bond donors (Lipinski definition) is 0. The van der Waals surface area contributed by atoms with E-state index in [4.69, 9.17) is 5.10 Å². The lowest BCUT2D eigenvalue weighted by molar-refractivity contribution is -0.108. The molecule has 0 spiro atoms. The zero-order valence-corrected chi connectivity index (χ0v) is 12.3. The minimum atomic E-state index is -0.0450. The number of nitrogens with zero attached hydrogens (tertiary/aromatic N) is 2. The molecular formula is C17H22N2O. The normalized spacial score (nSPS) is 17.7. The molecule has 0 N–H and O–H groups in total. The molecule has 0 aliphatic heterocycles. The highest BCUT2D eigenvalue weighted by Gasteiger charge is 2.21. The first-order chi connectivity index (χ1) is 9.74. The number of hydrogen-bond acceptors (Lipinski definition) is 2. The summed E-state index contributed by atoms with van der Waals surface area (Å²) in [6.45, 7) is 4.11. The molecule has 1 unspecified atom stereocenters. The second-order valence-electron chi connectivity index (χ2n) is 5.88. The SMILES string of the molecule is CCc1nn(C2CCCC2)c2cc(C(C)C=O)ccc12. The quantitative estimate of drug-likeness (QED) is 0.787. The Morgan fingerprint density at radius 2 is 2.15 bits per heavy atom. The Morgan fingerprint density at radius 1 is 1.40 bits per heavy atom. The van der Waals surface area contributed by atoms with Crippen molar-refractivity contribution in [2.75, 3.05) is 0 Å². The summed E-state index contributed by atoms with van der Waals surface area (Å²) in [5, 5.41) is 6.10. The average molecular weight is 270 g/mol. The van der Waals surface area contributed by atoms with E-state index in [1.807, 2.05) is 6.92 Å². The maximum Gasteiger partial charge on any atom is 0.127 e. The summed E-state index contributed by atoms with van der Waals surface area (Å²) in [5.74, 6) is -0.0450. The number of fused-ring (bicyclic) bond motifs is 1. The number of benzene rings is 1. The third-order valence-electron chi connectivity index (χ3n) is 4.54. The fraction of sp³-hybridized carbons (Fsp3) is 0.529. The topological polar surface area (TPSA) is 34.9 Å². The van der Waals surface area contributed by atoms with Gasteiger partial charge >= 0.3 is 0 Å². The van der Waals surface area contributed by atoms with E-state index in [0.29, 0.717) is 6.04 Å². The molecule has 0 bridgehead atoms. The van der Waals surface area contributed by atoms with E-state index in [1.165, 1.54) is 42.3 Å². The van der Waals surface area contributed by atoms with Crippen LogP contribution < -0.4 is 0 Å². The molecule has 1 aromatic carbocycles. The smallest absolute Gasteiger partial charge is 0.127 e. The summed E-state index contributed by atoms with van der Waals surface area (Å²) in [6, 6.07) is 6.92. The van der Waals surface area contributed by atoms with Gasteiger partial charge in [-0.1, -0.05) is 38.8 Å². The second-order valence-corrected chi connectivity index (χ2v) is 5.88. The van der Waals surface area contributed by atoms with Gasteiger partial charge in [0.15, 0.2) is 0 Å². The van der Waals surface area contributed by atoms with Gasteiger partial charge in [0.2, 0.25) is 0 Å². The second kappa shape index (κ2) is 5.39. The molecule has 106 valence electrons. The number of carbonyl (C=O) groups is 1. The molecule has 3 nitrogen and oxygen atoms in total. The van der Waals surface area contributed by atoms with E-state index in [2.05, 4.69) is 29.8 Å².